The Labute approximate surface area is 163 Å². The number of carbonyl (C=O) groups is 3. The first-order chi connectivity index (χ1) is 13.3. The monoisotopic (exact) mass is 409 g/mol. The predicted molar refractivity (Wildman–Crippen MR) is 101 cm³/mol. The zero-order chi connectivity index (χ0) is 20.7. The van der Waals surface area contributed by atoms with Gasteiger partial charge in [-0.05, 0) is 31.9 Å². The van der Waals surface area contributed by atoms with Crippen LogP contribution < -0.4 is 10.6 Å². The molecule has 1 aliphatic rings. The number of nitrogens with zero attached hydrogens (tertiary/aromatic N) is 1. The zero-order valence-electron chi connectivity index (χ0n) is 15.5. The van der Waals surface area contributed by atoms with Crippen LogP contribution in [0.2, 0.25) is 0 Å². The van der Waals surface area contributed by atoms with Crippen LogP contribution in [0, 0.1) is 6.92 Å². The second kappa shape index (κ2) is 9.47. The van der Waals surface area contributed by atoms with Crippen molar-refractivity contribution in [2.24, 2.45) is 0 Å². The number of esters is 1. The number of ether oxygens (including phenoxy) is 1. The Morgan fingerprint density at radius 3 is 2.61 bits per heavy atom. The van der Waals surface area contributed by atoms with Gasteiger partial charge in [-0.3, -0.25) is 14.9 Å². The third-order valence-electron chi connectivity index (χ3n) is 4.11. The van der Waals surface area contributed by atoms with E-state index in [1.54, 1.807) is 12.1 Å². The van der Waals surface area contributed by atoms with Gasteiger partial charge >= 0.3 is 12.0 Å². The van der Waals surface area contributed by atoms with Gasteiger partial charge in [0.25, 0.3) is 5.91 Å². The minimum atomic E-state index is -3.86. The molecule has 1 saturated heterocycles. The van der Waals surface area contributed by atoms with Crippen molar-refractivity contribution in [2.45, 2.75) is 30.7 Å². The third kappa shape index (κ3) is 5.40. The van der Waals surface area contributed by atoms with Gasteiger partial charge in [-0.1, -0.05) is 23.8 Å². The van der Waals surface area contributed by atoms with Crippen LogP contribution in [-0.4, -0.2) is 56.4 Å². The van der Waals surface area contributed by atoms with Crippen molar-refractivity contribution in [3.05, 3.63) is 42.5 Å². The van der Waals surface area contributed by atoms with Crippen LogP contribution in [0.15, 0.2) is 41.8 Å². The van der Waals surface area contributed by atoms with E-state index in [0.717, 1.165) is 9.87 Å². The van der Waals surface area contributed by atoms with Gasteiger partial charge in [0.15, 0.2) is 6.61 Å². The fourth-order valence-electron chi connectivity index (χ4n) is 2.71. The molecule has 0 aromatic heterocycles. The summed E-state index contributed by atoms with van der Waals surface area (Å²) in [5.74, 6) is -1.64. The summed E-state index contributed by atoms with van der Waals surface area (Å²) in [6, 6.07) is 4.58. The highest BCUT2D eigenvalue weighted by atomic mass is 32.2. The van der Waals surface area contributed by atoms with Crippen LogP contribution in [0.3, 0.4) is 0 Å². The van der Waals surface area contributed by atoms with Crippen LogP contribution in [0.5, 0.6) is 0 Å². The average Bonchev–Trinajstić information content (AvgIpc) is 3.15. The fourth-order valence-corrected chi connectivity index (χ4v) is 4.36. The second-order valence-corrected chi connectivity index (χ2v) is 8.13. The molecule has 28 heavy (non-hydrogen) atoms. The number of nitrogens with one attached hydrogen (secondary N) is 2. The van der Waals surface area contributed by atoms with E-state index in [1.165, 1.54) is 18.2 Å². The summed E-state index contributed by atoms with van der Waals surface area (Å²) in [6.45, 7) is 4.94. The smallest absolute Gasteiger partial charge is 0.324 e. The number of imide groups is 1. The summed E-state index contributed by atoms with van der Waals surface area (Å²) >= 11 is 0. The summed E-state index contributed by atoms with van der Waals surface area (Å²) in [5.41, 5.74) is 0.916. The lowest BCUT2D eigenvalue weighted by molar-refractivity contribution is -0.151. The molecule has 152 valence electrons. The lowest BCUT2D eigenvalue weighted by Crippen LogP contribution is -2.44. The van der Waals surface area contributed by atoms with Crippen molar-refractivity contribution in [2.75, 3.05) is 19.7 Å². The highest BCUT2D eigenvalue weighted by Gasteiger charge is 2.40. The molecule has 1 aromatic carbocycles. The second-order valence-electron chi connectivity index (χ2n) is 6.24. The Hall–Kier alpha value is -2.72. The molecule has 1 heterocycles. The molecule has 0 spiro atoms. The Morgan fingerprint density at radius 1 is 1.29 bits per heavy atom. The van der Waals surface area contributed by atoms with Crippen LogP contribution in [0.1, 0.15) is 18.4 Å². The molecule has 9 nitrogen and oxygen atoms in total. The standard InChI is InChI=1S/C18H23N3O6S/c1-3-10-19-18(24)20-16(22)12-27-17(23)15-5-4-11-21(15)28(25,26)14-8-6-13(2)7-9-14/h3,6-9,15H,1,4-5,10-12H2,2H3,(H2,19,20,22,24)/t15-/m0/s1. The van der Waals surface area contributed by atoms with E-state index in [2.05, 4.69) is 11.9 Å². The van der Waals surface area contributed by atoms with Gasteiger partial charge < -0.3 is 10.1 Å². The molecular weight excluding hydrogens is 386 g/mol. The molecule has 2 rings (SSSR count). The quantitative estimate of drug-likeness (QED) is 0.505. The maximum atomic E-state index is 12.8. The average molecular weight is 409 g/mol. The Morgan fingerprint density at radius 2 is 1.96 bits per heavy atom. The molecule has 1 atom stereocenters. The summed E-state index contributed by atoms with van der Waals surface area (Å²) in [5, 5.41) is 4.33. The van der Waals surface area contributed by atoms with Gasteiger partial charge in [-0.15, -0.1) is 6.58 Å². The highest BCUT2D eigenvalue weighted by Crippen LogP contribution is 2.27. The van der Waals surface area contributed by atoms with E-state index in [0.29, 0.717) is 12.8 Å². The van der Waals surface area contributed by atoms with Gasteiger partial charge in [0, 0.05) is 13.1 Å². The molecule has 1 fully saturated rings. The van der Waals surface area contributed by atoms with Gasteiger partial charge in [0.05, 0.1) is 4.90 Å². The zero-order valence-corrected chi connectivity index (χ0v) is 16.3. The number of aryl methyl sites for hydroxylation is 1. The number of hydrogen-bond donors (Lipinski definition) is 2. The Kier molecular flexibility index (Phi) is 7.30. The van der Waals surface area contributed by atoms with E-state index in [-0.39, 0.29) is 18.0 Å². The van der Waals surface area contributed by atoms with Crippen molar-refractivity contribution in [1.82, 2.24) is 14.9 Å². The van der Waals surface area contributed by atoms with Crippen molar-refractivity contribution in [3.63, 3.8) is 0 Å². The largest absolute Gasteiger partial charge is 0.454 e. The van der Waals surface area contributed by atoms with Crippen molar-refractivity contribution < 1.29 is 27.5 Å². The first-order valence-corrected chi connectivity index (χ1v) is 10.1. The van der Waals surface area contributed by atoms with Crippen LogP contribution >= 0.6 is 0 Å². The third-order valence-corrected chi connectivity index (χ3v) is 6.03. The number of sulfonamides is 1. The van der Waals surface area contributed by atoms with E-state index in [1.807, 2.05) is 12.2 Å². The molecule has 1 aliphatic heterocycles. The molecule has 0 radical (unpaired) electrons. The maximum Gasteiger partial charge on any atom is 0.324 e. The van der Waals surface area contributed by atoms with Crippen molar-refractivity contribution in [3.8, 4) is 0 Å². The number of carbonyl (C=O) groups excluding carboxylic acids is 3. The number of urea groups is 1. The first-order valence-electron chi connectivity index (χ1n) is 8.69. The van der Waals surface area contributed by atoms with Gasteiger partial charge in [0.2, 0.25) is 10.0 Å². The minimum absolute atomic E-state index is 0.0921. The van der Waals surface area contributed by atoms with Crippen LogP contribution in [0.4, 0.5) is 4.79 Å². The van der Waals surface area contributed by atoms with Crippen LogP contribution in [0.25, 0.3) is 0 Å². The molecule has 1 aromatic rings. The summed E-state index contributed by atoms with van der Waals surface area (Å²) in [6.07, 6.45) is 2.24. The SMILES string of the molecule is C=CCNC(=O)NC(=O)COC(=O)[C@@H]1CCCN1S(=O)(=O)c1ccc(C)cc1. The topological polar surface area (TPSA) is 122 Å². The molecular formula is C18H23N3O6S. The molecule has 0 bridgehead atoms. The normalized spacial score (nSPS) is 17.0. The van der Waals surface area contributed by atoms with Crippen molar-refractivity contribution >= 4 is 27.9 Å². The molecule has 0 saturated carbocycles. The molecule has 10 heteroatoms. The fraction of sp³-hybridized carbons (Fsp3) is 0.389. The summed E-state index contributed by atoms with van der Waals surface area (Å²) < 4.78 is 31.7. The summed E-state index contributed by atoms with van der Waals surface area (Å²) in [4.78, 5) is 35.4. The van der Waals surface area contributed by atoms with Crippen LogP contribution in [-0.2, 0) is 24.3 Å². The molecule has 0 unspecified atom stereocenters. The van der Waals surface area contributed by atoms with Gasteiger partial charge in [-0.2, -0.15) is 4.31 Å². The molecule has 3 amide bonds. The molecule has 0 aliphatic carbocycles. The Bertz CT molecular complexity index is 851. The number of rotatable bonds is 7. The maximum absolute atomic E-state index is 12.8. The lowest BCUT2D eigenvalue weighted by atomic mass is 10.2. The van der Waals surface area contributed by atoms with E-state index >= 15 is 0 Å². The van der Waals surface area contributed by atoms with E-state index < -0.39 is 40.6 Å². The van der Waals surface area contributed by atoms with E-state index in [4.69, 9.17) is 4.74 Å². The number of amides is 3. The minimum Gasteiger partial charge on any atom is -0.454 e. The number of benzene rings is 1. The number of hydrogen-bond acceptors (Lipinski definition) is 6. The first kappa shape index (κ1) is 21.6. The summed E-state index contributed by atoms with van der Waals surface area (Å²) in [7, 11) is -3.86. The lowest BCUT2D eigenvalue weighted by Gasteiger charge is -2.22. The predicted octanol–water partition coefficient (Wildman–Crippen LogP) is 0.703. The van der Waals surface area contributed by atoms with Crippen molar-refractivity contribution in [1.29, 1.82) is 0 Å². The molecule has 2 N–H and O–H groups in total. The van der Waals surface area contributed by atoms with Gasteiger partial charge in [0.1, 0.15) is 6.04 Å². The Balaban J connectivity index is 1.97. The van der Waals surface area contributed by atoms with Gasteiger partial charge in [-0.25, -0.2) is 13.2 Å². The highest BCUT2D eigenvalue weighted by molar-refractivity contribution is 7.89. The van der Waals surface area contributed by atoms with E-state index in [9.17, 15) is 22.8 Å².